The van der Waals surface area contributed by atoms with Crippen molar-refractivity contribution in [2.75, 3.05) is 32.2 Å². The molecule has 0 saturated carbocycles. The predicted molar refractivity (Wildman–Crippen MR) is 113 cm³/mol. The monoisotopic (exact) mass is 492 g/mol. The highest BCUT2D eigenvalue weighted by Gasteiger charge is 2.61. The lowest BCUT2D eigenvalue weighted by Crippen LogP contribution is -2.48. The SMILES string of the molecule is C=CCOC(=O)C1=C(C)OC(N)=C(C(=O)OCCOC)[C@@]12C(=O)Nc1ccc(Br)cc12. The topological polar surface area (TPSA) is 126 Å². The van der Waals surface area contributed by atoms with Crippen molar-refractivity contribution in [1.29, 1.82) is 0 Å². The fourth-order valence-corrected chi connectivity index (χ4v) is 4.02. The number of carbonyl (C=O) groups is 3. The van der Waals surface area contributed by atoms with Crippen LogP contribution in [-0.2, 0) is 38.7 Å². The molecular formula is C21H21BrN2O7. The van der Waals surface area contributed by atoms with Crippen LogP contribution in [0.5, 0.6) is 0 Å². The number of halogens is 1. The van der Waals surface area contributed by atoms with Gasteiger partial charge in [0.05, 0.1) is 6.61 Å². The largest absolute Gasteiger partial charge is 0.460 e. The van der Waals surface area contributed by atoms with E-state index in [0.717, 1.165) is 0 Å². The summed E-state index contributed by atoms with van der Waals surface area (Å²) in [7, 11) is 1.45. The fourth-order valence-electron chi connectivity index (χ4n) is 3.66. The number of nitrogens with two attached hydrogens (primary N) is 1. The maximum atomic E-state index is 13.5. The Bertz CT molecular complexity index is 1030. The van der Waals surface area contributed by atoms with E-state index in [4.69, 9.17) is 24.7 Å². The summed E-state index contributed by atoms with van der Waals surface area (Å²) in [4.78, 5) is 39.6. The van der Waals surface area contributed by atoms with Crippen molar-refractivity contribution in [3.63, 3.8) is 0 Å². The minimum Gasteiger partial charge on any atom is -0.460 e. The van der Waals surface area contributed by atoms with Crippen LogP contribution >= 0.6 is 15.9 Å². The number of amides is 1. The first-order valence-electron chi connectivity index (χ1n) is 9.24. The van der Waals surface area contributed by atoms with Crippen LogP contribution in [0.2, 0.25) is 0 Å². The Morgan fingerprint density at radius 3 is 2.65 bits per heavy atom. The molecule has 0 saturated heterocycles. The summed E-state index contributed by atoms with van der Waals surface area (Å²) in [6.45, 7) is 4.92. The van der Waals surface area contributed by atoms with Gasteiger partial charge in [-0.25, -0.2) is 9.59 Å². The number of fused-ring (bicyclic) bond motifs is 2. The molecule has 2 aliphatic heterocycles. The number of methoxy groups -OCH3 is 1. The number of allylic oxidation sites excluding steroid dienone is 1. The van der Waals surface area contributed by atoms with Crippen molar-refractivity contribution in [3.8, 4) is 0 Å². The summed E-state index contributed by atoms with van der Waals surface area (Å²) in [5.41, 5.74) is 4.42. The average molecular weight is 493 g/mol. The summed E-state index contributed by atoms with van der Waals surface area (Å²) in [5.74, 6) is -2.74. The molecule has 1 amide bonds. The third-order valence-corrected chi connectivity index (χ3v) is 5.34. The first-order chi connectivity index (χ1) is 14.8. The molecule has 10 heteroatoms. The number of nitrogens with one attached hydrogen (secondary N) is 1. The lowest BCUT2D eigenvalue weighted by Gasteiger charge is -2.35. The van der Waals surface area contributed by atoms with E-state index in [-0.39, 0.29) is 42.6 Å². The maximum Gasteiger partial charge on any atom is 0.341 e. The van der Waals surface area contributed by atoms with Gasteiger partial charge in [0.1, 0.15) is 35.5 Å². The molecule has 0 radical (unpaired) electrons. The van der Waals surface area contributed by atoms with Gasteiger partial charge in [0.2, 0.25) is 11.8 Å². The smallest absolute Gasteiger partial charge is 0.341 e. The molecule has 1 atom stereocenters. The van der Waals surface area contributed by atoms with Crippen molar-refractivity contribution < 1.29 is 33.3 Å². The third-order valence-electron chi connectivity index (χ3n) is 4.85. The zero-order chi connectivity index (χ0) is 22.8. The second kappa shape index (κ2) is 8.94. The van der Waals surface area contributed by atoms with Crippen LogP contribution in [0.3, 0.4) is 0 Å². The number of ether oxygens (including phenoxy) is 4. The van der Waals surface area contributed by atoms with Gasteiger partial charge in [-0.05, 0) is 25.1 Å². The minimum atomic E-state index is -1.92. The highest BCUT2D eigenvalue weighted by atomic mass is 79.9. The van der Waals surface area contributed by atoms with Gasteiger partial charge in [0.15, 0.2) is 0 Å². The first-order valence-corrected chi connectivity index (χ1v) is 10.0. The highest BCUT2D eigenvalue weighted by molar-refractivity contribution is 9.10. The van der Waals surface area contributed by atoms with Crippen LogP contribution in [-0.4, -0.2) is 44.8 Å². The summed E-state index contributed by atoms with van der Waals surface area (Å²) in [6, 6.07) is 4.99. The van der Waals surface area contributed by atoms with Gasteiger partial charge in [-0.1, -0.05) is 28.6 Å². The standard InChI is InChI=1S/C21H21BrN2O7/c1-4-7-29-18(25)15-11(2)31-17(23)16(19(26)30-9-8-28-3)21(15)13-10-12(22)5-6-14(13)24-20(21)27/h4-6,10H,1,7-9,23H2,2-3H3,(H,24,27)/t21-/m0/s1. The van der Waals surface area contributed by atoms with Crippen molar-refractivity contribution in [2.24, 2.45) is 5.73 Å². The molecule has 1 aromatic rings. The summed E-state index contributed by atoms with van der Waals surface area (Å²) in [5, 5.41) is 2.72. The number of anilines is 1. The second-order valence-electron chi connectivity index (χ2n) is 6.68. The molecule has 1 spiro atoms. The number of hydrogen-bond donors (Lipinski definition) is 2. The quantitative estimate of drug-likeness (QED) is 0.336. The zero-order valence-electron chi connectivity index (χ0n) is 17.0. The van der Waals surface area contributed by atoms with E-state index in [1.54, 1.807) is 18.2 Å². The zero-order valence-corrected chi connectivity index (χ0v) is 18.5. The van der Waals surface area contributed by atoms with E-state index in [0.29, 0.717) is 15.7 Å². The second-order valence-corrected chi connectivity index (χ2v) is 7.60. The fraction of sp³-hybridized carbons (Fsp3) is 0.286. The highest BCUT2D eigenvalue weighted by Crippen LogP contribution is 2.53. The molecule has 0 aliphatic carbocycles. The van der Waals surface area contributed by atoms with Gasteiger partial charge in [0.25, 0.3) is 0 Å². The Balaban J connectivity index is 2.27. The predicted octanol–water partition coefficient (Wildman–Crippen LogP) is 2.03. The molecule has 2 aliphatic rings. The minimum absolute atomic E-state index is 0.0305. The molecule has 164 valence electrons. The van der Waals surface area contributed by atoms with E-state index in [2.05, 4.69) is 27.8 Å². The molecule has 0 bridgehead atoms. The molecule has 9 nitrogen and oxygen atoms in total. The lowest BCUT2D eigenvalue weighted by atomic mass is 9.67. The van der Waals surface area contributed by atoms with Crippen LogP contribution in [0.15, 0.2) is 58.1 Å². The molecule has 3 rings (SSSR count). The Labute approximate surface area is 187 Å². The van der Waals surface area contributed by atoms with Gasteiger partial charge >= 0.3 is 11.9 Å². The Morgan fingerprint density at radius 1 is 1.26 bits per heavy atom. The number of carbonyl (C=O) groups excluding carboxylic acids is 3. The van der Waals surface area contributed by atoms with Gasteiger partial charge < -0.3 is 30.0 Å². The van der Waals surface area contributed by atoms with Crippen LogP contribution in [0.1, 0.15) is 12.5 Å². The van der Waals surface area contributed by atoms with Crippen LogP contribution in [0.4, 0.5) is 5.69 Å². The average Bonchev–Trinajstić information content (AvgIpc) is 2.98. The van der Waals surface area contributed by atoms with E-state index in [9.17, 15) is 14.4 Å². The number of esters is 2. The molecule has 0 unspecified atom stereocenters. The summed E-state index contributed by atoms with van der Waals surface area (Å²) < 4.78 is 21.5. The Hall–Kier alpha value is -3.11. The van der Waals surface area contributed by atoms with Gasteiger partial charge in [-0.15, -0.1) is 0 Å². The first kappa shape index (κ1) is 22.6. The Kier molecular flexibility index (Phi) is 6.51. The number of benzene rings is 1. The van der Waals surface area contributed by atoms with Crippen molar-refractivity contribution in [3.05, 3.63) is 63.7 Å². The molecule has 31 heavy (non-hydrogen) atoms. The molecule has 0 aromatic heterocycles. The van der Waals surface area contributed by atoms with E-state index < -0.39 is 23.3 Å². The maximum absolute atomic E-state index is 13.5. The molecular weight excluding hydrogens is 472 g/mol. The van der Waals surface area contributed by atoms with Crippen LogP contribution in [0.25, 0.3) is 0 Å². The number of rotatable bonds is 7. The van der Waals surface area contributed by atoms with E-state index >= 15 is 0 Å². The van der Waals surface area contributed by atoms with Gasteiger partial charge in [-0.3, -0.25) is 4.79 Å². The number of hydrogen-bond acceptors (Lipinski definition) is 8. The van der Waals surface area contributed by atoms with Crippen LogP contribution in [0, 0.1) is 0 Å². The summed E-state index contributed by atoms with van der Waals surface area (Å²) >= 11 is 3.38. The molecule has 3 N–H and O–H groups in total. The van der Waals surface area contributed by atoms with Crippen molar-refractivity contribution in [1.82, 2.24) is 0 Å². The van der Waals surface area contributed by atoms with E-state index in [1.165, 1.54) is 20.1 Å². The molecule has 2 heterocycles. The van der Waals surface area contributed by atoms with Crippen molar-refractivity contribution >= 4 is 39.5 Å². The molecule has 1 aromatic carbocycles. The van der Waals surface area contributed by atoms with Gasteiger partial charge in [-0.2, -0.15) is 0 Å². The summed E-state index contributed by atoms with van der Waals surface area (Å²) in [6.07, 6.45) is 1.38. The Morgan fingerprint density at radius 2 is 1.97 bits per heavy atom. The van der Waals surface area contributed by atoms with Crippen molar-refractivity contribution in [2.45, 2.75) is 12.3 Å². The van der Waals surface area contributed by atoms with Gasteiger partial charge in [0, 0.05) is 22.8 Å². The third kappa shape index (κ3) is 3.72. The lowest BCUT2D eigenvalue weighted by molar-refractivity contribution is -0.144. The molecule has 0 fully saturated rings. The normalized spacial score (nSPS) is 19.6. The van der Waals surface area contributed by atoms with E-state index in [1.807, 2.05) is 0 Å². The van der Waals surface area contributed by atoms with Crippen LogP contribution < -0.4 is 11.1 Å².